The number of carbonyl (C=O) groups excluding carboxylic acids is 2. The van der Waals surface area contributed by atoms with E-state index in [-0.39, 0.29) is 18.1 Å². The summed E-state index contributed by atoms with van der Waals surface area (Å²) in [7, 11) is 0. The van der Waals surface area contributed by atoms with Gasteiger partial charge in [0, 0.05) is 5.56 Å². The lowest BCUT2D eigenvalue weighted by molar-refractivity contribution is -0.115. The van der Waals surface area contributed by atoms with E-state index in [0.717, 1.165) is 5.56 Å². The van der Waals surface area contributed by atoms with Gasteiger partial charge in [-0.3, -0.25) is 10.1 Å². The number of imide groups is 1. The molecule has 2 N–H and O–H groups in total. The first-order valence-corrected chi connectivity index (χ1v) is 6.92. The molecule has 0 radical (unpaired) electrons. The lowest BCUT2D eigenvalue weighted by atomic mass is 10.1. The first-order chi connectivity index (χ1) is 11.1. The van der Waals surface area contributed by atoms with Crippen LogP contribution < -0.4 is 15.4 Å². The highest BCUT2D eigenvalue weighted by molar-refractivity contribution is 6.14. The quantitative estimate of drug-likeness (QED) is 0.673. The Morgan fingerprint density at radius 3 is 2.43 bits per heavy atom. The standard InChI is InChI=1S/C17H13FN2O3/c18-13-7-5-11(6-8-13)10-23-15-4-2-1-3-12(15)9-14-16(21)20-17(22)19-14/h1-9H,10H2,(H2,19,20,21,22)/b14-9+. The summed E-state index contributed by atoms with van der Waals surface area (Å²) in [6.45, 7) is 0.263. The summed E-state index contributed by atoms with van der Waals surface area (Å²) >= 11 is 0. The largest absolute Gasteiger partial charge is 0.488 e. The SMILES string of the molecule is O=C1NC(=O)/C(=C\c2ccccc2OCc2ccc(F)cc2)N1. The van der Waals surface area contributed by atoms with Crippen LogP contribution in [0.3, 0.4) is 0 Å². The fourth-order valence-corrected chi connectivity index (χ4v) is 2.11. The third kappa shape index (κ3) is 3.55. The van der Waals surface area contributed by atoms with Gasteiger partial charge in [-0.25, -0.2) is 9.18 Å². The third-order valence-electron chi connectivity index (χ3n) is 3.25. The first-order valence-electron chi connectivity index (χ1n) is 6.92. The summed E-state index contributed by atoms with van der Waals surface area (Å²) in [5.74, 6) is -0.233. The second-order valence-corrected chi connectivity index (χ2v) is 4.92. The van der Waals surface area contributed by atoms with Crippen molar-refractivity contribution in [2.75, 3.05) is 0 Å². The van der Waals surface area contributed by atoms with Crippen molar-refractivity contribution in [3.8, 4) is 5.75 Å². The van der Waals surface area contributed by atoms with Crippen LogP contribution in [-0.4, -0.2) is 11.9 Å². The molecule has 0 saturated carbocycles. The van der Waals surface area contributed by atoms with Gasteiger partial charge in [0.15, 0.2) is 0 Å². The molecular weight excluding hydrogens is 299 g/mol. The van der Waals surface area contributed by atoms with Crippen molar-refractivity contribution in [2.45, 2.75) is 6.61 Å². The molecule has 0 spiro atoms. The van der Waals surface area contributed by atoms with Gasteiger partial charge in [-0.2, -0.15) is 0 Å². The van der Waals surface area contributed by atoms with E-state index in [4.69, 9.17) is 4.74 Å². The van der Waals surface area contributed by atoms with Gasteiger partial charge < -0.3 is 10.1 Å². The van der Waals surface area contributed by atoms with E-state index in [2.05, 4.69) is 10.6 Å². The Kier molecular flexibility index (Phi) is 4.05. The predicted molar refractivity (Wildman–Crippen MR) is 81.8 cm³/mol. The lowest BCUT2D eigenvalue weighted by Gasteiger charge is -2.09. The Hall–Kier alpha value is -3.15. The van der Waals surface area contributed by atoms with Gasteiger partial charge in [0.25, 0.3) is 5.91 Å². The second-order valence-electron chi connectivity index (χ2n) is 4.92. The number of halogens is 1. The molecule has 116 valence electrons. The fourth-order valence-electron chi connectivity index (χ4n) is 2.11. The Morgan fingerprint density at radius 2 is 1.74 bits per heavy atom. The molecule has 1 fully saturated rings. The van der Waals surface area contributed by atoms with Crippen molar-refractivity contribution in [3.05, 3.63) is 71.2 Å². The Morgan fingerprint density at radius 1 is 1.00 bits per heavy atom. The Bertz CT molecular complexity index is 785. The molecule has 0 unspecified atom stereocenters. The minimum atomic E-state index is -0.550. The van der Waals surface area contributed by atoms with E-state index < -0.39 is 11.9 Å². The minimum absolute atomic E-state index is 0.160. The topological polar surface area (TPSA) is 67.4 Å². The van der Waals surface area contributed by atoms with Crippen LogP contribution in [0, 0.1) is 5.82 Å². The molecule has 0 bridgehead atoms. The number of benzene rings is 2. The van der Waals surface area contributed by atoms with Crippen LogP contribution in [-0.2, 0) is 11.4 Å². The normalized spacial score (nSPS) is 15.4. The minimum Gasteiger partial charge on any atom is -0.488 e. The molecule has 1 heterocycles. The average molecular weight is 312 g/mol. The van der Waals surface area contributed by atoms with Gasteiger partial charge in [0.2, 0.25) is 0 Å². The van der Waals surface area contributed by atoms with Gasteiger partial charge in [0.1, 0.15) is 23.9 Å². The highest BCUT2D eigenvalue weighted by Gasteiger charge is 2.23. The Balaban J connectivity index is 1.78. The van der Waals surface area contributed by atoms with E-state index in [0.29, 0.717) is 11.3 Å². The molecule has 0 atom stereocenters. The van der Waals surface area contributed by atoms with Crippen molar-refractivity contribution in [2.24, 2.45) is 0 Å². The molecule has 1 aliphatic rings. The molecule has 2 aromatic rings. The molecule has 1 saturated heterocycles. The number of rotatable bonds is 4. The second kappa shape index (κ2) is 6.31. The average Bonchev–Trinajstić information content (AvgIpc) is 2.86. The number of amides is 3. The summed E-state index contributed by atoms with van der Waals surface area (Å²) in [4.78, 5) is 22.7. The van der Waals surface area contributed by atoms with Crippen LogP contribution in [0.2, 0.25) is 0 Å². The van der Waals surface area contributed by atoms with E-state index in [9.17, 15) is 14.0 Å². The molecule has 23 heavy (non-hydrogen) atoms. The van der Waals surface area contributed by atoms with Crippen molar-refractivity contribution < 1.29 is 18.7 Å². The van der Waals surface area contributed by atoms with E-state index in [1.807, 2.05) is 0 Å². The summed E-state index contributed by atoms with van der Waals surface area (Å²) in [5.41, 5.74) is 1.63. The maximum atomic E-state index is 12.9. The number of carbonyl (C=O) groups is 2. The van der Waals surface area contributed by atoms with Gasteiger partial charge >= 0.3 is 6.03 Å². The molecule has 5 nitrogen and oxygen atoms in total. The number of nitrogens with one attached hydrogen (secondary N) is 2. The van der Waals surface area contributed by atoms with Crippen molar-refractivity contribution in [3.63, 3.8) is 0 Å². The van der Waals surface area contributed by atoms with Crippen LogP contribution in [0.1, 0.15) is 11.1 Å². The maximum Gasteiger partial charge on any atom is 0.326 e. The van der Waals surface area contributed by atoms with E-state index in [1.54, 1.807) is 42.5 Å². The highest BCUT2D eigenvalue weighted by Crippen LogP contribution is 2.22. The van der Waals surface area contributed by atoms with E-state index >= 15 is 0 Å². The number of urea groups is 1. The molecular formula is C17H13FN2O3. The molecule has 0 aromatic heterocycles. The van der Waals surface area contributed by atoms with Crippen LogP contribution >= 0.6 is 0 Å². The zero-order valence-corrected chi connectivity index (χ0v) is 12.0. The zero-order valence-electron chi connectivity index (χ0n) is 12.0. The van der Waals surface area contributed by atoms with Crippen LogP contribution in [0.4, 0.5) is 9.18 Å². The number of ether oxygens (including phenoxy) is 1. The van der Waals surface area contributed by atoms with Gasteiger partial charge in [-0.05, 0) is 29.8 Å². The highest BCUT2D eigenvalue weighted by atomic mass is 19.1. The fraction of sp³-hybridized carbons (Fsp3) is 0.0588. The van der Waals surface area contributed by atoms with Crippen molar-refractivity contribution in [1.82, 2.24) is 10.6 Å². The third-order valence-corrected chi connectivity index (χ3v) is 3.25. The first kappa shape index (κ1) is 14.8. The smallest absolute Gasteiger partial charge is 0.326 e. The van der Waals surface area contributed by atoms with Gasteiger partial charge in [-0.15, -0.1) is 0 Å². The van der Waals surface area contributed by atoms with Crippen LogP contribution in [0.5, 0.6) is 5.75 Å². The van der Waals surface area contributed by atoms with Crippen molar-refractivity contribution >= 4 is 18.0 Å². The molecule has 3 rings (SSSR count). The number of hydrogen-bond acceptors (Lipinski definition) is 3. The summed E-state index contributed by atoms with van der Waals surface area (Å²) in [6.07, 6.45) is 1.54. The molecule has 0 aliphatic carbocycles. The number of para-hydroxylation sites is 1. The van der Waals surface area contributed by atoms with Crippen molar-refractivity contribution in [1.29, 1.82) is 0 Å². The zero-order chi connectivity index (χ0) is 16.2. The van der Waals surface area contributed by atoms with Gasteiger partial charge in [0.05, 0.1) is 0 Å². The monoisotopic (exact) mass is 312 g/mol. The summed E-state index contributed by atoms with van der Waals surface area (Å²) in [6, 6.07) is 12.6. The summed E-state index contributed by atoms with van der Waals surface area (Å²) < 4.78 is 18.6. The Labute approximate surface area is 131 Å². The van der Waals surface area contributed by atoms with Crippen LogP contribution in [0.25, 0.3) is 6.08 Å². The summed E-state index contributed by atoms with van der Waals surface area (Å²) in [5, 5.41) is 4.56. The molecule has 6 heteroatoms. The van der Waals surface area contributed by atoms with Crippen LogP contribution in [0.15, 0.2) is 54.2 Å². The van der Waals surface area contributed by atoms with E-state index in [1.165, 1.54) is 12.1 Å². The maximum absolute atomic E-state index is 12.9. The van der Waals surface area contributed by atoms with Gasteiger partial charge in [-0.1, -0.05) is 30.3 Å². The predicted octanol–water partition coefficient (Wildman–Crippen LogP) is 2.58. The lowest BCUT2D eigenvalue weighted by Crippen LogP contribution is -2.22. The molecule has 1 aliphatic heterocycles. The molecule has 3 amide bonds. The number of hydrogen-bond donors (Lipinski definition) is 2. The molecule has 2 aromatic carbocycles.